The van der Waals surface area contributed by atoms with Crippen LogP contribution in [0.15, 0.2) is 0 Å². The van der Waals surface area contributed by atoms with Gasteiger partial charge in [-0.15, -0.1) is 0 Å². The zero-order valence-electron chi connectivity index (χ0n) is 16.2. The lowest BCUT2D eigenvalue weighted by Gasteiger charge is -2.62. The minimum atomic E-state index is -0.455. The van der Waals surface area contributed by atoms with E-state index in [1.165, 1.54) is 32.1 Å². The number of hydrogen-bond donors (Lipinski definition) is 0. The van der Waals surface area contributed by atoms with Gasteiger partial charge in [-0.1, -0.05) is 34.6 Å². The van der Waals surface area contributed by atoms with Crippen molar-refractivity contribution in [3.05, 3.63) is 0 Å². The summed E-state index contributed by atoms with van der Waals surface area (Å²) in [6.07, 6.45) is 6.58. The number of rotatable bonds is 3. The second kappa shape index (κ2) is 5.23. The minimum Gasteiger partial charge on any atom is -0.458 e. The topological polar surface area (TPSA) is 26.3 Å². The molecule has 2 nitrogen and oxygen atoms in total. The van der Waals surface area contributed by atoms with Gasteiger partial charge in [0.25, 0.3) is 0 Å². The Morgan fingerprint density at radius 1 is 0.913 bits per heavy atom. The summed E-state index contributed by atoms with van der Waals surface area (Å²) in [5.41, 5.74) is -0.745. The lowest BCUT2D eigenvalue weighted by Crippen LogP contribution is -2.63. The van der Waals surface area contributed by atoms with Crippen LogP contribution in [0.4, 0.5) is 0 Å². The highest BCUT2D eigenvalue weighted by atomic mass is 16.6. The normalized spacial score (nSPS) is 39.8. The zero-order chi connectivity index (χ0) is 17.2. The smallest absolute Gasteiger partial charge is 0.312 e. The Morgan fingerprint density at radius 3 is 1.70 bits per heavy atom. The van der Waals surface area contributed by atoms with Gasteiger partial charge in [-0.2, -0.15) is 0 Å². The molecule has 0 N–H and O–H groups in total. The second-order valence-corrected chi connectivity index (χ2v) is 10.6. The van der Waals surface area contributed by atoms with Gasteiger partial charge in [0.1, 0.15) is 5.60 Å². The van der Waals surface area contributed by atoms with Crippen molar-refractivity contribution in [1.29, 1.82) is 0 Å². The standard InChI is InChI=1S/C21H36O2/c1-13(2)21(23-18(22)20(6,7)19(3,4)5)16-9-14-8-15(11-16)12-17(21)10-14/h13-17H,8-12H2,1-7H3. The summed E-state index contributed by atoms with van der Waals surface area (Å²) in [6, 6.07) is 0. The van der Waals surface area contributed by atoms with Crippen molar-refractivity contribution in [1.82, 2.24) is 0 Å². The van der Waals surface area contributed by atoms with Gasteiger partial charge in [0.15, 0.2) is 0 Å². The number of ether oxygens (including phenoxy) is 1. The first-order valence-corrected chi connectivity index (χ1v) is 9.72. The summed E-state index contributed by atoms with van der Waals surface area (Å²) in [6.45, 7) is 15.1. The second-order valence-electron chi connectivity index (χ2n) is 10.6. The Kier molecular flexibility index (Phi) is 3.93. The van der Waals surface area contributed by atoms with Crippen molar-refractivity contribution in [2.24, 2.45) is 40.4 Å². The molecule has 0 unspecified atom stereocenters. The quantitative estimate of drug-likeness (QED) is 0.646. The van der Waals surface area contributed by atoms with Crippen LogP contribution in [-0.2, 0) is 9.53 Å². The molecule has 132 valence electrons. The summed E-state index contributed by atoms with van der Waals surface area (Å²) in [5, 5.41) is 0. The molecule has 0 aromatic carbocycles. The van der Waals surface area contributed by atoms with Crippen LogP contribution < -0.4 is 0 Å². The average Bonchev–Trinajstić information content (AvgIpc) is 2.40. The first kappa shape index (κ1) is 17.3. The van der Waals surface area contributed by atoms with E-state index >= 15 is 0 Å². The molecule has 0 atom stereocenters. The van der Waals surface area contributed by atoms with Crippen LogP contribution in [0.25, 0.3) is 0 Å². The third-order valence-electron chi connectivity index (χ3n) is 7.97. The molecule has 4 fully saturated rings. The lowest BCUT2D eigenvalue weighted by molar-refractivity contribution is -0.235. The first-order chi connectivity index (χ1) is 10.5. The molecular weight excluding hydrogens is 284 g/mol. The van der Waals surface area contributed by atoms with Gasteiger partial charge in [0.05, 0.1) is 5.41 Å². The molecule has 4 bridgehead atoms. The fourth-order valence-electron chi connectivity index (χ4n) is 5.74. The fraction of sp³-hybridized carbons (Fsp3) is 0.952. The Bertz CT molecular complexity index is 453. The van der Waals surface area contributed by atoms with Gasteiger partial charge in [-0.25, -0.2) is 0 Å². The maximum atomic E-state index is 13.2. The molecule has 0 amide bonds. The molecule has 4 saturated carbocycles. The van der Waals surface area contributed by atoms with Gasteiger partial charge < -0.3 is 4.74 Å². The highest BCUT2D eigenvalue weighted by Gasteiger charge is 2.61. The molecule has 4 aliphatic carbocycles. The number of hydrogen-bond acceptors (Lipinski definition) is 2. The van der Waals surface area contributed by atoms with E-state index in [9.17, 15) is 4.79 Å². The van der Waals surface area contributed by atoms with Crippen molar-refractivity contribution in [2.45, 2.75) is 86.2 Å². The van der Waals surface area contributed by atoms with Crippen molar-refractivity contribution >= 4 is 5.97 Å². The highest BCUT2D eigenvalue weighted by molar-refractivity contribution is 5.77. The zero-order valence-corrected chi connectivity index (χ0v) is 16.2. The Balaban J connectivity index is 1.90. The Morgan fingerprint density at radius 2 is 1.35 bits per heavy atom. The Labute approximate surface area is 142 Å². The van der Waals surface area contributed by atoms with Gasteiger partial charge in [0, 0.05) is 0 Å². The third-order valence-corrected chi connectivity index (χ3v) is 7.97. The third kappa shape index (κ3) is 2.46. The van der Waals surface area contributed by atoms with Crippen molar-refractivity contribution in [3.8, 4) is 0 Å². The van der Waals surface area contributed by atoms with E-state index in [4.69, 9.17) is 4.74 Å². The molecule has 0 heterocycles. The fourth-order valence-corrected chi connectivity index (χ4v) is 5.74. The van der Waals surface area contributed by atoms with Crippen LogP contribution in [0.2, 0.25) is 0 Å². The van der Waals surface area contributed by atoms with E-state index in [1.807, 2.05) is 0 Å². The van der Waals surface area contributed by atoms with Crippen LogP contribution in [0.3, 0.4) is 0 Å². The molecule has 0 spiro atoms. The molecule has 4 rings (SSSR count). The number of carbonyl (C=O) groups excluding carboxylic acids is 1. The molecule has 2 heteroatoms. The number of esters is 1. The van der Waals surface area contributed by atoms with Crippen molar-refractivity contribution in [3.63, 3.8) is 0 Å². The van der Waals surface area contributed by atoms with Gasteiger partial charge >= 0.3 is 5.97 Å². The maximum Gasteiger partial charge on any atom is 0.312 e. The number of carbonyl (C=O) groups is 1. The van der Waals surface area contributed by atoms with Crippen LogP contribution in [0.5, 0.6) is 0 Å². The average molecular weight is 321 g/mol. The SMILES string of the molecule is CC(C)C1(OC(=O)C(C)(C)C(C)(C)C)C2CC3CC(C2)CC1C3. The minimum absolute atomic E-state index is 0.0196. The van der Waals surface area contributed by atoms with E-state index in [-0.39, 0.29) is 17.0 Å². The molecule has 0 aromatic rings. The molecule has 0 aromatic heterocycles. The van der Waals surface area contributed by atoms with Gasteiger partial charge in [-0.05, 0) is 81.0 Å². The van der Waals surface area contributed by atoms with Crippen LogP contribution in [0.1, 0.15) is 80.6 Å². The molecule has 0 saturated heterocycles. The van der Waals surface area contributed by atoms with E-state index in [1.54, 1.807) is 0 Å². The molecule has 4 aliphatic rings. The summed E-state index contributed by atoms with van der Waals surface area (Å²) >= 11 is 0. The van der Waals surface area contributed by atoms with E-state index < -0.39 is 5.41 Å². The molecule has 23 heavy (non-hydrogen) atoms. The highest BCUT2D eigenvalue weighted by Crippen LogP contribution is 2.62. The summed E-state index contributed by atoms with van der Waals surface area (Å²) < 4.78 is 6.53. The Hall–Kier alpha value is -0.530. The lowest BCUT2D eigenvalue weighted by atomic mass is 9.47. The van der Waals surface area contributed by atoms with Gasteiger partial charge in [0.2, 0.25) is 0 Å². The van der Waals surface area contributed by atoms with E-state index in [0.29, 0.717) is 17.8 Å². The largest absolute Gasteiger partial charge is 0.458 e. The molecular formula is C21H36O2. The maximum absolute atomic E-state index is 13.2. The van der Waals surface area contributed by atoms with Crippen molar-refractivity contribution in [2.75, 3.05) is 0 Å². The monoisotopic (exact) mass is 320 g/mol. The summed E-state index contributed by atoms with van der Waals surface area (Å²) in [5.74, 6) is 3.43. The van der Waals surface area contributed by atoms with Crippen LogP contribution in [-0.4, -0.2) is 11.6 Å². The van der Waals surface area contributed by atoms with Crippen LogP contribution in [0, 0.1) is 40.4 Å². The van der Waals surface area contributed by atoms with E-state index in [2.05, 4.69) is 48.5 Å². The predicted molar refractivity (Wildman–Crippen MR) is 93.9 cm³/mol. The van der Waals surface area contributed by atoms with Crippen LogP contribution >= 0.6 is 0 Å². The summed E-state index contributed by atoms with van der Waals surface area (Å²) in [4.78, 5) is 13.2. The molecule has 0 aliphatic heterocycles. The van der Waals surface area contributed by atoms with E-state index in [0.717, 1.165) is 11.8 Å². The van der Waals surface area contributed by atoms with Crippen molar-refractivity contribution < 1.29 is 9.53 Å². The first-order valence-electron chi connectivity index (χ1n) is 9.72. The van der Waals surface area contributed by atoms with Gasteiger partial charge in [-0.3, -0.25) is 4.79 Å². The predicted octanol–water partition coefficient (Wildman–Crippen LogP) is 5.45. The molecule has 0 radical (unpaired) electrons. The summed E-state index contributed by atoms with van der Waals surface area (Å²) in [7, 11) is 0.